The average Bonchev–Trinajstić information content (AvgIpc) is 3.65. The molecule has 0 aliphatic carbocycles. The monoisotopic (exact) mass is 695 g/mol. The minimum atomic E-state index is 0.719. The summed E-state index contributed by atoms with van der Waals surface area (Å²) in [4.78, 5) is 25.4. The van der Waals surface area contributed by atoms with Crippen molar-refractivity contribution in [1.82, 2.24) is 24.9 Å². The van der Waals surface area contributed by atoms with Gasteiger partial charge in [-0.3, -0.25) is 9.97 Å². The van der Waals surface area contributed by atoms with Crippen molar-refractivity contribution in [3.05, 3.63) is 176 Å². The Morgan fingerprint density at radius 1 is 0.396 bits per heavy atom. The van der Waals surface area contributed by atoms with E-state index in [9.17, 15) is 0 Å². The maximum absolute atomic E-state index is 5.38. The lowest BCUT2D eigenvalue weighted by Crippen LogP contribution is -1.95. The SMILES string of the molecule is c1ccc(-c2nc(-c3ccc(-c4ccc5nc(-c6ccccc6)c6c(-c7cccnc7)c(-c7ccncc7)sc6c5c4)cc3)c3ccccc3n2)cc1. The molecule has 0 saturated carbocycles. The Bertz CT molecular complexity index is 2910. The van der Waals surface area contributed by atoms with E-state index in [1.165, 1.54) is 9.58 Å². The molecule has 0 N–H and O–H groups in total. The summed E-state index contributed by atoms with van der Waals surface area (Å²) in [6, 6.07) is 52.5. The average molecular weight is 696 g/mol. The Labute approximate surface area is 310 Å². The van der Waals surface area contributed by atoms with Gasteiger partial charge < -0.3 is 0 Å². The molecule has 10 rings (SSSR count). The zero-order valence-corrected chi connectivity index (χ0v) is 29.2. The van der Waals surface area contributed by atoms with Crippen molar-refractivity contribution in [3.8, 4) is 66.6 Å². The van der Waals surface area contributed by atoms with Crippen LogP contribution in [0, 0.1) is 0 Å². The van der Waals surface area contributed by atoms with Crippen LogP contribution >= 0.6 is 11.3 Å². The number of rotatable bonds is 6. The van der Waals surface area contributed by atoms with Crippen LogP contribution in [0.5, 0.6) is 0 Å². The molecule has 248 valence electrons. The molecular weight excluding hydrogens is 667 g/mol. The van der Waals surface area contributed by atoms with Gasteiger partial charge in [0.05, 0.1) is 22.4 Å². The van der Waals surface area contributed by atoms with Crippen molar-refractivity contribution in [2.75, 3.05) is 0 Å². The molecule has 5 aromatic carbocycles. The summed E-state index contributed by atoms with van der Waals surface area (Å²) in [5, 5.41) is 3.28. The highest BCUT2D eigenvalue weighted by Gasteiger charge is 2.23. The summed E-state index contributed by atoms with van der Waals surface area (Å²) in [5.41, 5.74) is 12.4. The molecular formula is C47H29N5S. The summed E-state index contributed by atoms with van der Waals surface area (Å²) in [5.74, 6) is 0.719. The van der Waals surface area contributed by atoms with Gasteiger partial charge in [-0.15, -0.1) is 11.3 Å². The third-order valence-electron chi connectivity index (χ3n) is 9.69. The molecule has 5 aromatic heterocycles. The van der Waals surface area contributed by atoms with Crippen LogP contribution in [-0.4, -0.2) is 24.9 Å². The smallest absolute Gasteiger partial charge is 0.160 e. The summed E-state index contributed by atoms with van der Waals surface area (Å²) >= 11 is 1.80. The zero-order chi connectivity index (χ0) is 35.1. The van der Waals surface area contributed by atoms with Crippen molar-refractivity contribution >= 4 is 43.2 Å². The second-order valence-electron chi connectivity index (χ2n) is 12.9. The molecule has 0 amide bonds. The maximum Gasteiger partial charge on any atom is 0.160 e. The quantitative estimate of drug-likeness (QED) is 0.173. The molecule has 6 heteroatoms. The first-order chi connectivity index (χ1) is 26.3. The van der Waals surface area contributed by atoms with Gasteiger partial charge in [0.1, 0.15) is 0 Å². The van der Waals surface area contributed by atoms with E-state index in [0.29, 0.717) is 0 Å². The molecule has 10 aromatic rings. The van der Waals surface area contributed by atoms with E-state index in [4.69, 9.17) is 15.0 Å². The van der Waals surface area contributed by atoms with Gasteiger partial charge in [0.15, 0.2) is 5.82 Å². The minimum absolute atomic E-state index is 0.719. The van der Waals surface area contributed by atoms with Crippen LogP contribution in [0.25, 0.3) is 98.5 Å². The molecule has 0 atom stereocenters. The standard InChI is InChI=1S/C47H29N5S/c1-3-10-31(11-4-1)44-42-41(36-14-9-25-49-29-36)45(33-23-26-48-27-24-33)53-46(42)38-28-35(21-22-40(38)50-44)30-17-19-32(20-18-30)43-37-15-7-8-16-39(37)51-47(52-43)34-12-5-2-6-13-34/h1-29H. The van der Waals surface area contributed by atoms with E-state index in [-0.39, 0.29) is 0 Å². The van der Waals surface area contributed by atoms with E-state index in [2.05, 4.69) is 119 Å². The number of hydrogen-bond donors (Lipinski definition) is 0. The van der Waals surface area contributed by atoms with E-state index in [0.717, 1.165) is 88.9 Å². The number of hydrogen-bond acceptors (Lipinski definition) is 6. The molecule has 0 unspecified atom stereocenters. The molecule has 0 spiro atoms. The van der Waals surface area contributed by atoms with Gasteiger partial charge in [-0.25, -0.2) is 15.0 Å². The largest absolute Gasteiger partial charge is 0.265 e. The van der Waals surface area contributed by atoms with Crippen LogP contribution in [0.2, 0.25) is 0 Å². The van der Waals surface area contributed by atoms with E-state index >= 15 is 0 Å². The van der Waals surface area contributed by atoms with Crippen molar-refractivity contribution in [3.63, 3.8) is 0 Å². The number of para-hydroxylation sites is 1. The number of aromatic nitrogens is 5. The van der Waals surface area contributed by atoms with Crippen LogP contribution in [0.4, 0.5) is 0 Å². The van der Waals surface area contributed by atoms with Crippen LogP contribution in [0.3, 0.4) is 0 Å². The van der Waals surface area contributed by atoms with Crippen LogP contribution in [0.15, 0.2) is 176 Å². The zero-order valence-electron chi connectivity index (χ0n) is 28.4. The summed E-state index contributed by atoms with van der Waals surface area (Å²) in [7, 11) is 0. The van der Waals surface area contributed by atoms with Crippen molar-refractivity contribution in [1.29, 1.82) is 0 Å². The fourth-order valence-electron chi connectivity index (χ4n) is 7.15. The molecule has 0 aliphatic rings. The third kappa shape index (κ3) is 5.53. The second kappa shape index (κ2) is 13.0. The van der Waals surface area contributed by atoms with Crippen LogP contribution in [0.1, 0.15) is 0 Å². The van der Waals surface area contributed by atoms with E-state index < -0.39 is 0 Å². The van der Waals surface area contributed by atoms with Crippen molar-refractivity contribution in [2.24, 2.45) is 0 Å². The number of nitrogens with zero attached hydrogens (tertiary/aromatic N) is 5. The Hall–Kier alpha value is -6.89. The predicted molar refractivity (Wildman–Crippen MR) is 218 cm³/mol. The highest BCUT2D eigenvalue weighted by atomic mass is 32.1. The Morgan fingerprint density at radius 2 is 1.06 bits per heavy atom. The number of benzene rings is 5. The van der Waals surface area contributed by atoms with Gasteiger partial charge in [-0.05, 0) is 53.1 Å². The lowest BCUT2D eigenvalue weighted by molar-refractivity contribution is 1.23. The maximum atomic E-state index is 5.38. The van der Waals surface area contributed by atoms with Gasteiger partial charge in [-0.1, -0.05) is 115 Å². The van der Waals surface area contributed by atoms with Crippen LogP contribution in [-0.2, 0) is 0 Å². The van der Waals surface area contributed by atoms with Gasteiger partial charge in [0.2, 0.25) is 0 Å². The summed E-state index contributed by atoms with van der Waals surface area (Å²) in [6.45, 7) is 0. The normalized spacial score (nSPS) is 11.4. The number of thiophene rings is 1. The first kappa shape index (κ1) is 30.9. The highest BCUT2D eigenvalue weighted by molar-refractivity contribution is 7.24. The summed E-state index contributed by atoms with van der Waals surface area (Å²) < 4.78 is 1.19. The lowest BCUT2D eigenvalue weighted by Gasteiger charge is -2.12. The third-order valence-corrected chi connectivity index (χ3v) is 11.0. The number of fused-ring (bicyclic) bond motifs is 4. The van der Waals surface area contributed by atoms with Crippen LogP contribution < -0.4 is 0 Å². The minimum Gasteiger partial charge on any atom is -0.265 e. The Balaban J connectivity index is 1.15. The fourth-order valence-corrected chi connectivity index (χ4v) is 8.50. The van der Waals surface area contributed by atoms with Gasteiger partial charge >= 0.3 is 0 Å². The number of pyridine rings is 3. The first-order valence-corrected chi connectivity index (χ1v) is 18.3. The first-order valence-electron chi connectivity index (χ1n) is 17.5. The molecule has 53 heavy (non-hydrogen) atoms. The second-order valence-corrected chi connectivity index (χ2v) is 13.9. The molecule has 0 bridgehead atoms. The fraction of sp³-hybridized carbons (Fsp3) is 0. The van der Waals surface area contributed by atoms with Gasteiger partial charge in [0, 0.05) is 78.3 Å². The predicted octanol–water partition coefficient (Wildman–Crippen LogP) is 12.2. The molecule has 0 fully saturated rings. The molecule has 0 aliphatic heterocycles. The summed E-state index contributed by atoms with van der Waals surface area (Å²) in [6.07, 6.45) is 7.49. The Morgan fingerprint density at radius 3 is 1.83 bits per heavy atom. The highest BCUT2D eigenvalue weighted by Crippen LogP contribution is 2.50. The molecule has 0 saturated heterocycles. The topological polar surface area (TPSA) is 64.5 Å². The van der Waals surface area contributed by atoms with Crippen molar-refractivity contribution in [2.45, 2.75) is 0 Å². The molecule has 5 nitrogen and oxygen atoms in total. The Kier molecular flexibility index (Phi) is 7.59. The molecule has 5 heterocycles. The van der Waals surface area contributed by atoms with Crippen molar-refractivity contribution < 1.29 is 0 Å². The van der Waals surface area contributed by atoms with Gasteiger partial charge in [-0.2, -0.15) is 0 Å². The lowest BCUT2D eigenvalue weighted by atomic mass is 9.95. The van der Waals surface area contributed by atoms with E-state index in [1.54, 1.807) is 11.3 Å². The van der Waals surface area contributed by atoms with Gasteiger partial charge in [0.25, 0.3) is 0 Å². The van der Waals surface area contributed by atoms with E-state index in [1.807, 2.05) is 67.3 Å². The molecule has 0 radical (unpaired) electrons.